The van der Waals surface area contributed by atoms with Crippen LogP contribution in [0.5, 0.6) is 0 Å². The number of carbonyl (C=O) groups is 11. The Morgan fingerprint density at radius 3 is 1.40 bits per heavy atom. The van der Waals surface area contributed by atoms with Crippen LogP contribution in [-0.4, -0.2) is 221 Å². The van der Waals surface area contributed by atoms with Crippen LogP contribution in [0.4, 0.5) is 0 Å². The number of primary amides is 1. The summed E-state index contributed by atoms with van der Waals surface area (Å²) in [5.41, 5.74) is 6.50. The first-order valence-corrected chi connectivity index (χ1v) is 33.0. The van der Waals surface area contributed by atoms with E-state index in [-0.39, 0.29) is 73.5 Å². The van der Waals surface area contributed by atoms with Gasteiger partial charge in [-0.2, -0.15) is 0 Å². The molecule has 1 rings (SSSR count). The van der Waals surface area contributed by atoms with Gasteiger partial charge in [0.1, 0.15) is 54.4 Å². The number of hydrogen-bond acceptors (Lipinski definition) is 12. The monoisotopic (exact) mass is 1290 g/mol. The fourth-order valence-electron chi connectivity index (χ4n) is 11.3. The van der Waals surface area contributed by atoms with Gasteiger partial charge >= 0.3 is 0 Å². The number of amides is 11. The number of nitrogens with zero attached hydrogens (tertiary/aromatic N) is 7. The van der Waals surface area contributed by atoms with Gasteiger partial charge in [0.2, 0.25) is 65.0 Å². The summed E-state index contributed by atoms with van der Waals surface area (Å²) in [4.78, 5) is 166. The number of nitrogens with one attached hydrogen (secondary N) is 3. The lowest BCUT2D eigenvalue weighted by Gasteiger charge is -2.41. The molecule has 0 saturated heterocycles. The molecule has 6 N–H and O–H groups in total. The first kappa shape index (κ1) is 83.1. The van der Waals surface area contributed by atoms with Gasteiger partial charge in [0.25, 0.3) is 0 Å². The number of nitrogens with two attached hydrogens (primary N) is 1. The number of likely N-dealkylation sites (N-methyl/N-ethyl adjacent to an activating group) is 7. The Balaban J connectivity index is 3.69. The third-order valence-corrected chi connectivity index (χ3v) is 17.4. The van der Waals surface area contributed by atoms with Crippen molar-refractivity contribution in [3.8, 4) is 0 Å². The molecular formula is C69H119N11O12. The van der Waals surface area contributed by atoms with Crippen molar-refractivity contribution < 1.29 is 57.8 Å². The third-order valence-electron chi connectivity index (χ3n) is 17.4. The number of rotatable bonds is 38. The minimum atomic E-state index is -1.61. The van der Waals surface area contributed by atoms with Crippen molar-refractivity contribution in [2.45, 2.75) is 223 Å². The Kier molecular flexibility index (Phi) is 35.2. The first-order chi connectivity index (χ1) is 42.6. The highest BCUT2D eigenvalue weighted by Crippen LogP contribution is 2.26. The van der Waals surface area contributed by atoms with Crippen LogP contribution in [-0.2, 0) is 59.2 Å². The Bertz CT molecular complexity index is 2630. The van der Waals surface area contributed by atoms with Gasteiger partial charge in [-0.25, -0.2) is 0 Å². The highest BCUT2D eigenvalue weighted by atomic mass is 16.3. The van der Waals surface area contributed by atoms with Crippen LogP contribution >= 0.6 is 0 Å². The Hall–Kier alpha value is -6.91. The zero-order valence-electron chi connectivity index (χ0n) is 60.2. The van der Waals surface area contributed by atoms with Crippen LogP contribution < -0.4 is 21.7 Å². The molecule has 0 heterocycles. The molecule has 1 aromatic carbocycles. The Morgan fingerprint density at radius 2 is 0.946 bits per heavy atom. The second kappa shape index (κ2) is 38.9. The van der Waals surface area contributed by atoms with E-state index >= 15 is 14.4 Å². The molecule has 0 aliphatic carbocycles. The summed E-state index contributed by atoms with van der Waals surface area (Å²) in [5, 5.41) is 20.5. The fourth-order valence-corrected chi connectivity index (χ4v) is 11.3. The molecule has 0 radical (unpaired) electrons. The fraction of sp³-hybridized carbons (Fsp3) is 0.725. The zero-order valence-corrected chi connectivity index (χ0v) is 60.2. The maximum Gasteiger partial charge on any atom is 0.246 e. The molecule has 11 amide bonds. The third kappa shape index (κ3) is 24.5. The minimum absolute atomic E-state index is 0.0315. The molecule has 0 fully saturated rings. The highest BCUT2D eigenvalue weighted by molar-refractivity contribution is 5.99. The van der Waals surface area contributed by atoms with Crippen molar-refractivity contribution in [2.75, 3.05) is 55.9 Å². The van der Waals surface area contributed by atoms with Gasteiger partial charge in [-0.15, -0.1) is 0 Å². The maximum absolute atomic E-state index is 15.2. The number of hydrogen-bond donors (Lipinski definition) is 5. The van der Waals surface area contributed by atoms with Crippen molar-refractivity contribution in [3.63, 3.8) is 0 Å². The predicted molar refractivity (Wildman–Crippen MR) is 359 cm³/mol. The van der Waals surface area contributed by atoms with E-state index in [1.54, 1.807) is 78.1 Å². The largest absolute Gasteiger partial charge is 0.390 e. The normalized spacial score (nSPS) is 15.7. The molecule has 0 spiro atoms. The summed E-state index contributed by atoms with van der Waals surface area (Å²) < 4.78 is 0. The summed E-state index contributed by atoms with van der Waals surface area (Å²) in [6.45, 7) is 30.5. The standard InChI is InChI=1S/C69H119N11O12/c1-25-27-31-46(15)59(82)58(63(86)72-50(26-2)66(89)74(18)39-56(81)75(19)52(60(70)83)38-49-32-29-28-30-33-49)80(24)69(92)57(45(13)14)79(23)68(91)55(37-43(9)10)78(22)67(90)54(36-42(7)8)77(21)65(88)48(17)71-61(84)51(34-40(3)4)73-62(85)53(35-41(5)6)76(20)64(87)47(16)44(11)12/h25,27-30,32-33,40-48,50-55,57-59,82H,26,31,34-39H2,1-24H3,(H2,70,83)(H,71,84)(H,72,86)(H,73,85)/b27-25+/t46-,47+,48+,50-,51+,52+,53-,54+,55-,57-,58?,59+/m1/s1. The van der Waals surface area contributed by atoms with E-state index in [0.717, 1.165) is 15.4 Å². The lowest BCUT2D eigenvalue weighted by Crippen LogP contribution is -2.63. The molecule has 92 heavy (non-hydrogen) atoms. The lowest BCUT2D eigenvalue weighted by molar-refractivity contribution is -0.157. The molecule has 23 heteroatoms. The van der Waals surface area contributed by atoms with E-state index in [4.69, 9.17) is 5.73 Å². The molecule has 0 saturated carbocycles. The highest BCUT2D eigenvalue weighted by Gasteiger charge is 2.45. The number of carbonyl (C=O) groups excluding carboxylic acids is 11. The number of aliphatic hydroxyl groups excluding tert-OH is 1. The van der Waals surface area contributed by atoms with Gasteiger partial charge in [-0.05, 0) is 99.4 Å². The van der Waals surface area contributed by atoms with Crippen molar-refractivity contribution in [3.05, 3.63) is 48.0 Å². The van der Waals surface area contributed by atoms with E-state index in [1.807, 2.05) is 82.2 Å². The predicted octanol–water partition coefficient (Wildman–Crippen LogP) is 5.11. The number of aliphatic hydroxyl groups is 1. The van der Waals surface area contributed by atoms with Crippen LogP contribution in [0, 0.1) is 47.3 Å². The summed E-state index contributed by atoms with van der Waals surface area (Å²) in [5.74, 6) is -8.58. The van der Waals surface area contributed by atoms with Crippen LogP contribution in [0.15, 0.2) is 42.5 Å². The van der Waals surface area contributed by atoms with Crippen LogP contribution in [0.1, 0.15) is 162 Å². The van der Waals surface area contributed by atoms with Gasteiger partial charge in [0, 0.05) is 61.7 Å². The molecule has 522 valence electrons. The van der Waals surface area contributed by atoms with Crippen LogP contribution in [0.25, 0.3) is 0 Å². The number of benzene rings is 1. The minimum Gasteiger partial charge on any atom is -0.390 e. The first-order valence-electron chi connectivity index (χ1n) is 33.0. The van der Waals surface area contributed by atoms with Gasteiger partial charge < -0.3 is 61.1 Å². The quantitative estimate of drug-likeness (QED) is 0.0540. The van der Waals surface area contributed by atoms with Crippen molar-refractivity contribution in [1.29, 1.82) is 0 Å². The maximum atomic E-state index is 15.2. The van der Waals surface area contributed by atoms with Crippen molar-refractivity contribution >= 4 is 65.0 Å². The van der Waals surface area contributed by atoms with Crippen molar-refractivity contribution in [1.82, 2.24) is 50.2 Å². The van der Waals surface area contributed by atoms with E-state index in [9.17, 15) is 43.5 Å². The molecule has 0 aromatic heterocycles. The van der Waals surface area contributed by atoms with Gasteiger partial charge in [-0.3, -0.25) is 52.7 Å². The van der Waals surface area contributed by atoms with E-state index < -0.39 is 138 Å². The summed E-state index contributed by atoms with van der Waals surface area (Å²) in [6.07, 6.45) is 3.44. The van der Waals surface area contributed by atoms with Crippen LogP contribution in [0.3, 0.4) is 0 Å². The average molecular weight is 1290 g/mol. The molecule has 12 atom stereocenters. The molecule has 0 bridgehead atoms. The average Bonchev–Trinajstić information content (AvgIpc) is 0.940. The molecular weight excluding hydrogens is 1170 g/mol. The molecule has 1 aromatic rings. The Morgan fingerprint density at radius 1 is 0.489 bits per heavy atom. The van der Waals surface area contributed by atoms with E-state index in [2.05, 4.69) is 16.0 Å². The lowest BCUT2D eigenvalue weighted by atomic mass is 9.91. The van der Waals surface area contributed by atoms with E-state index in [0.29, 0.717) is 12.8 Å². The van der Waals surface area contributed by atoms with Crippen LogP contribution in [0.2, 0.25) is 0 Å². The van der Waals surface area contributed by atoms with Gasteiger partial charge in [0.05, 0.1) is 12.6 Å². The second-order valence-electron chi connectivity index (χ2n) is 27.8. The summed E-state index contributed by atoms with van der Waals surface area (Å²) in [7, 11) is 10.1. The van der Waals surface area contributed by atoms with Gasteiger partial charge in [-0.1, -0.05) is 146 Å². The number of allylic oxidation sites excluding steroid dienone is 2. The molecule has 0 aliphatic heterocycles. The second-order valence-corrected chi connectivity index (χ2v) is 27.8. The smallest absolute Gasteiger partial charge is 0.246 e. The SMILES string of the molecule is C/C=C/C[C@@H](C)[C@H](O)C(C(=O)N[C@H](CC)C(=O)N(C)CC(=O)N(C)[C@@H](Cc1ccccc1)C(N)=O)N(C)C(=O)[C@@H](C(C)C)N(C)C(=O)[C@@H](CC(C)C)N(C)C(=O)[C@H](CC(C)C)N(C)C(=O)[C@H](C)NC(=O)[C@H](CC(C)C)NC(=O)[C@@H](CC(C)C)N(C)C(=O)[C@@H](C)C(C)C. The van der Waals surface area contributed by atoms with E-state index in [1.165, 1.54) is 73.7 Å². The topological polar surface area (TPSA) is 293 Å². The van der Waals surface area contributed by atoms with Gasteiger partial charge in [0.15, 0.2) is 0 Å². The zero-order chi connectivity index (χ0) is 71.1. The van der Waals surface area contributed by atoms with Crippen molar-refractivity contribution in [2.24, 2.45) is 53.1 Å². The molecule has 0 aliphatic rings. The Labute approximate surface area is 551 Å². The molecule has 23 nitrogen and oxygen atoms in total. The summed E-state index contributed by atoms with van der Waals surface area (Å²) in [6, 6.07) is -1.58. The summed E-state index contributed by atoms with van der Waals surface area (Å²) >= 11 is 0. The molecule has 1 unspecified atom stereocenters.